The summed E-state index contributed by atoms with van der Waals surface area (Å²) in [5.41, 5.74) is 0.210. The van der Waals surface area contributed by atoms with Crippen LogP contribution in [0.2, 0.25) is 0 Å². The number of benzene rings is 1. The average Bonchev–Trinajstić information content (AvgIpc) is 2.36. The molecule has 0 bridgehead atoms. The molecule has 0 aromatic heterocycles. The van der Waals surface area contributed by atoms with Gasteiger partial charge in [0.2, 0.25) is 0 Å². The Balaban J connectivity index is 2.64. The van der Waals surface area contributed by atoms with Crippen LogP contribution in [0.3, 0.4) is 0 Å². The highest BCUT2D eigenvalue weighted by molar-refractivity contribution is 5.91. The van der Waals surface area contributed by atoms with Gasteiger partial charge in [-0.2, -0.15) is 5.26 Å². The van der Waals surface area contributed by atoms with E-state index in [1.807, 2.05) is 6.07 Å². The third-order valence-electron chi connectivity index (χ3n) is 2.23. The molecule has 1 amide bonds. The quantitative estimate of drug-likeness (QED) is 0.864. The molecule has 112 valence electrons. The first-order valence-corrected chi connectivity index (χ1v) is 6.42. The van der Waals surface area contributed by atoms with E-state index < -0.39 is 23.8 Å². The lowest BCUT2D eigenvalue weighted by atomic mass is 10.2. The van der Waals surface area contributed by atoms with Crippen LogP contribution in [0.25, 0.3) is 0 Å². The van der Waals surface area contributed by atoms with Gasteiger partial charge < -0.3 is 9.47 Å². The maximum absolute atomic E-state index is 11.6. The standard InChI is InChI=1S/C15H18N2O4/c1-10(9-16)20-13(18)11-5-7-12(8-6-11)17-14(19)21-15(2,3)4/h5-8,10H,1-4H3,(H,17,19)/t10-/m0/s1. The molecule has 0 fully saturated rings. The number of esters is 1. The second-order valence-corrected chi connectivity index (χ2v) is 5.38. The lowest BCUT2D eigenvalue weighted by Gasteiger charge is -2.19. The molecule has 6 heteroatoms. The maximum atomic E-state index is 11.6. The Morgan fingerprint density at radius 3 is 2.29 bits per heavy atom. The first-order valence-electron chi connectivity index (χ1n) is 6.42. The third kappa shape index (κ3) is 5.95. The lowest BCUT2D eigenvalue weighted by molar-refractivity contribution is 0.0435. The Morgan fingerprint density at radius 1 is 1.24 bits per heavy atom. The smallest absolute Gasteiger partial charge is 0.412 e. The largest absolute Gasteiger partial charge is 0.444 e. The number of amides is 1. The van der Waals surface area contributed by atoms with Gasteiger partial charge in [0.05, 0.1) is 5.56 Å². The van der Waals surface area contributed by atoms with Crippen molar-refractivity contribution in [3.05, 3.63) is 29.8 Å². The summed E-state index contributed by atoms with van der Waals surface area (Å²) in [6.45, 7) is 6.78. The van der Waals surface area contributed by atoms with Crippen molar-refractivity contribution in [1.82, 2.24) is 0 Å². The van der Waals surface area contributed by atoms with Gasteiger partial charge in [-0.25, -0.2) is 9.59 Å². The predicted octanol–water partition coefficient (Wildman–Crippen LogP) is 3.10. The fraction of sp³-hybridized carbons (Fsp3) is 0.400. The number of carbonyl (C=O) groups is 2. The van der Waals surface area contributed by atoms with E-state index in [1.165, 1.54) is 19.1 Å². The van der Waals surface area contributed by atoms with Crippen molar-refractivity contribution in [1.29, 1.82) is 5.26 Å². The fourth-order valence-corrected chi connectivity index (χ4v) is 1.37. The summed E-state index contributed by atoms with van der Waals surface area (Å²) in [7, 11) is 0. The van der Waals surface area contributed by atoms with Crippen LogP contribution < -0.4 is 5.32 Å². The van der Waals surface area contributed by atoms with Gasteiger partial charge in [-0.3, -0.25) is 5.32 Å². The van der Waals surface area contributed by atoms with Gasteiger partial charge in [0.25, 0.3) is 0 Å². The molecule has 1 atom stereocenters. The summed E-state index contributed by atoms with van der Waals surface area (Å²) in [6, 6.07) is 7.91. The highest BCUT2D eigenvalue weighted by Crippen LogP contribution is 2.14. The van der Waals surface area contributed by atoms with Crippen LogP contribution in [0.4, 0.5) is 10.5 Å². The van der Waals surface area contributed by atoms with Crippen LogP contribution in [0, 0.1) is 11.3 Å². The monoisotopic (exact) mass is 290 g/mol. The van der Waals surface area contributed by atoms with E-state index in [0.717, 1.165) is 0 Å². The molecule has 0 saturated heterocycles. The number of nitrogens with zero attached hydrogens (tertiary/aromatic N) is 1. The van der Waals surface area contributed by atoms with Gasteiger partial charge in [-0.1, -0.05) is 0 Å². The zero-order valence-electron chi connectivity index (χ0n) is 12.5. The van der Waals surface area contributed by atoms with E-state index in [2.05, 4.69) is 5.32 Å². The SMILES string of the molecule is C[C@@H](C#N)OC(=O)c1ccc(NC(=O)OC(C)(C)C)cc1. The van der Waals surface area contributed by atoms with Crippen LogP contribution >= 0.6 is 0 Å². The first kappa shape index (κ1) is 16.5. The van der Waals surface area contributed by atoms with Crippen LogP contribution in [-0.2, 0) is 9.47 Å². The van der Waals surface area contributed by atoms with Crippen LogP contribution in [0.1, 0.15) is 38.1 Å². The predicted molar refractivity (Wildman–Crippen MR) is 76.8 cm³/mol. The number of hydrogen-bond donors (Lipinski definition) is 1. The van der Waals surface area contributed by atoms with Gasteiger partial charge in [-0.05, 0) is 52.0 Å². The summed E-state index contributed by atoms with van der Waals surface area (Å²) >= 11 is 0. The molecule has 0 heterocycles. The van der Waals surface area contributed by atoms with Gasteiger partial charge in [-0.15, -0.1) is 0 Å². The summed E-state index contributed by atoms with van der Waals surface area (Å²) < 4.78 is 9.97. The van der Waals surface area contributed by atoms with Gasteiger partial charge in [0.15, 0.2) is 6.10 Å². The molecule has 0 unspecified atom stereocenters. The Labute approximate surface area is 123 Å². The van der Waals surface area contributed by atoms with Gasteiger partial charge in [0, 0.05) is 5.69 Å². The summed E-state index contributed by atoms with van der Waals surface area (Å²) in [5.74, 6) is -0.590. The molecular formula is C15H18N2O4. The Hall–Kier alpha value is -2.55. The van der Waals surface area contributed by atoms with Crippen LogP contribution in [-0.4, -0.2) is 23.8 Å². The van der Waals surface area contributed by atoms with E-state index in [4.69, 9.17) is 14.7 Å². The number of anilines is 1. The van der Waals surface area contributed by atoms with E-state index in [-0.39, 0.29) is 0 Å². The number of nitrogens with one attached hydrogen (secondary N) is 1. The molecule has 6 nitrogen and oxygen atoms in total. The summed E-state index contributed by atoms with van der Waals surface area (Å²) in [5, 5.41) is 11.1. The number of hydrogen-bond acceptors (Lipinski definition) is 5. The van der Waals surface area contributed by atoms with E-state index in [9.17, 15) is 9.59 Å². The Kier molecular flexibility index (Phi) is 5.30. The van der Waals surface area contributed by atoms with Gasteiger partial charge >= 0.3 is 12.1 Å². The van der Waals surface area contributed by atoms with Crippen molar-refractivity contribution in [3.63, 3.8) is 0 Å². The molecule has 1 aromatic carbocycles. The molecule has 1 aromatic rings. The molecule has 1 N–H and O–H groups in total. The van der Waals surface area contributed by atoms with Crippen molar-refractivity contribution in [2.45, 2.75) is 39.4 Å². The molecular weight excluding hydrogens is 272 g/mol. The highest BCUT2D eigenvalue weighted by Gasteiger charge is 2.16. The van der Waals surface area contributed by atoms with Crippen molar-refractivity contribution in [2.24, 2.45) is 0 Å². The number of carbonyl (C=O) groups excluding carboxylic acids is 2. The minimum atomic E-state index is -0.808. The van der Waals surface area contributed by atoms with Crippen molar-refractivity contribution in [2.75, 3.05) is 5.32 Å². The normalized spacial score (nSPS) is 12.0. The molecule has 1 rings (SSSR count). The zero-order valence-corrected chi connectivity index (χ0v) is 12.5. The molecule has 0 aliphatic rings. The van der Waals surface area contributed by atoms with Crippen molar-refractivity contribution >= 4 is 17.7 Å². The average molecular weight is 290 g/mol. The Morgan fingerprint density at radius 2 is 1.81 bits per heavy atom. The fourth-order valence-electron chi connectivity index (χ4n) is 1.37. The minimum absolute atomic E-state index is 0.298. The topological polar surface area (TPSA) is 88.4 Å². The number of ether oxygens (including phenoxy) is 2. The van der Waals surface area contributed by atoms with Crippen molar-refractivity contribution < 1.29 is 19.1 Å². The maximum Gasteiger partial charge on any atom is 0.412 e. The summed E-state index contributed by atoms with van der Waals surface area (Å²) in [6.07, 6.45) is -1.38. The molecule has 0 saturated carbocycles. The van der Waals surface area contributed by atoms with E-state index in [0.29, 0.717) is 11.3 Å². The Bertz CT molecular complexity index is 553. The molecule has 0 spiro atoms. The van der Waals surface area contributed by atoms with Gasteiger partial charge in [0.1, 0.15) is 11.7 Å². The summed E-state index contributed by atoms with van der Waals surface area (Å²) in [4.78, 5) is 23.2. The molecule has 21 heavy (non-hydrogen) atoms. The van der Waals surface area contributed by atoms with Crippen molar-refractivity contribution in [3.8, 4) is 6.07 Å². The first-order chi connectivity index (χ1) is 9.71. The highest BCUT2D eigenvalue weighted by atomic mass is 16.6. The molecule has 0 aliphatic carbocycles. The molecule has 0 radical (unpaired) electrons. The third-order valence-corrected chi connectivity index (χ3v) is 2.23. The second kappa shape index (κ2) is 6.75. The van der Waals surface area contributed by atoms with Crippen LogP contribution in [0.15, 0.2) is 24.3 Å². The molecule has 0 aliphatic heterocycles. The van der Waals surface area contributed by atoms with E-state index >= 15 is 0 Å². The van der Waals surface area contributed by atoms with Crippen LogP contribution in [0.5, 0.6) is 0 Å². The second-order valence-electron chi connectivity index (χ2n) is 5.38. The zero-order chi connectivity index (χ0) is 16.0. The number of nitriles is 1. The number of rotatable bonds is 3. The minimum Gasteiger partial charge on any atom is -0.444 e. The lowest BCUT2D eigenvalue weighted by Crippen LogP contribution is -2.27. The van der Waals surface area contributed by atoms with E-state index in [1.54, 1.807) is 32.9 Å².